The third kappa shape index (κ3) is 4.62. The normalized spacial score (nSPS) is 18.6. The quantitative estimate of drug-likeness (QED) is 0.529. The summed E-state index contributed by atoms with van der Waals surface area (Å²) in [6.07, 6.45) is 9.93. The Morgan fingerprint density at radius 2 is 1.89 bits per heavy atom. The van der Waals surface area contributed by atoms with Gasteiger partial charge in [-0.05, 0) is 72.4 Å². The molecule has 2 rings (SSSR count). The highest BCUT2D eigenvalue weighted by Crippen LogP contribution is 2.45. The molecule has 4 heteroatoms. The molecule has 0 saturated carbocycles. The van der Waals surface area contributed by atoms with Crippen molar-refractivity contribution in [1.29, 1.82) is 0 Å². The fourth-order valence-corrected chi connectivity index (χ4v) is 3.33. The minimum Gasteiger partial charge on any atom is -0.507 e. The number of ether oxygens (including phenoxy) is 1. The molecule has 0 saturated heterocycles. The number of benzene rings is 1. The fraction of sp³-hybridized carbons (Fsp3) is 0.435. The predicted molar refractivity (Wildman–Crippen MR) is 109 cm³/mol. The summed E-state index contributed by atoms with van der Waals surface area (Å²) in [7, 11) is 0. The Morgan fingerprint density at radius 3 is 2.44 bits per heavy atom. The molecule has 1 unspecified atom stereocenters. The highest BCUT2D eigenvalue weighted by molar-refractivity contribution is 5.94. The molecule has 0 aromatic heterocycles. The van der Waals surface area contributed by atoms with Crippen molar-refractivity contribution in [3.8, 4) is 11.5 Å². The summed E-state index contributed by atoms with van der Waals surface area (Å²) < 4.78 is 6.36. The number of hydrogen-bond donors (Lipinski definition) is 2. The number of carbonyl (C=O) groups is 1. The maximum Gasteiger partial charge on any atom is 0.339 e. The van der Waals surface area contributed by atoms with Gasteiger partial charge in [-0.15, -0.1) is 0 Å². The molecule has 27 heavy (non-hydrogen) atoms. The standard InChI is InChI=1S/C23H30O4/c1-14(2)8-7-12-23(6)13-11-18-20(24)19(22(25)26)16(5)17(21(18)27-23)10-9-15(3)4/h7-9,12,24H,10-11,13H2,1-6H3,(H,25,26)/b12-7+. The average molecular weight is 370 g/mol. The van der Waals surface area contributed by atoms with E-state index >= 15 is 0 Å². The molecule has 0 bridgehead atoms. The van der Waals surface area contributed by atoms with Crippen LogP contribution in [0.1, 0.15) is 68.1 Å². The fourth-order valence-electron chi connectivity index (χ4n) is 3.33. The van der Waals surface area contributed by atoms with Crippen LogP contribution >= 0.6 is 0 Å². The van der Waals surface area contributed by atoms with Gasteiger partial charge < -0.3 is 14.9 Å². The van der Waals surface area contributed by atoms with Gasteiger partial charge in [-0.2, -0.15) is 0 Å². The zero-order chi connectivity index (χ0) is 20.4. The molecule has 4 nitrogen and oxygen atoms in total. The monoisotopic (exact) mass is 370 g/mol. The van der Waals surface area contributed by atoms with E-state index in [1.807, 2.05) is 52.8 Å². The van der Waals surface area contributed by atoms with E-state index in [2.05, 4.69) is 6.08 Å². The lowest BCUT2D eigenvalue weighted by Gasteiger charge is -2.36. The van der Waals surface area contributed by atoms with E-state index in [0.717, 1.165) is 11.1 Å². The second-order valence-electron chi connectivity index (χ2n) is 7.94. The Morgan fingerprint density at radius 1 is 1.22 bits per heavy atom. The minimum atomic E-state index is -1.11. The molecular weight excluding hydrogens is 340 g/mol. The van der Waals surface area contributed by atoms with Crippen LogP contribution in [0.4, 0.5) is 0 Å². The zero-order valence-corrected chi connectivity index (χ0v) is 17.1. The molecule has 1 aliphatic heterocycles. The average Bonchev–Trinajstić information content (AvgIpc) is 2.53. The number of hydrogen-bond acceptors (Lipinski definition) is 3. The Bertz CT molecular complexity index is 835. The predicted octanol–water partition coefficient (Wildman–Crippen LogP) is 5.51. The molecule has 1 aromatic carbocycles. The lowest BCUT2D eigenvalue weighted by atomic mass is 9.86. The van der Waals surface area contributed by atoms with Crippen LogP contribution in [0, 0.1) is 6.92 Å². The Balaban J connectivity index is 2.60. The van der Waals surface area contributed by atoms with E-state index in [9.17, 15) is 15.0 Å². The minimum absolute atomic E-state index is 0.0156. The highest BCUT2D eigenvalue weighted by Gasteiger charge is 2.35. The number of fused-ring (bicyclic) bond motifs is 1. The Kier molecular flexibility index (Phi) is 6.19. The van der Waals surface area contributed by atoms with Gasteiger partial charge in [0.1, 0.15) is 22.7 Å². The Hall–Kier alpha value is -2.49. The van der Waals surface area contributed by atoms with Crippen molar-refractivity contribution >= 4 is 5.97 Å². The lowest BCUT2D eigenvalue weighted by molar-refractivity contribution is 0.0691. The van der Waals surface area contributed by atoms with E-state index in [4.69, 9.17) is 4.74 Å². The summed E-state index contributed by atoms with van der Waals surface area (Å²) in [5.41, 5.74) is 3.84. The van der Waals surface area contributed by atoms with E-state index < -0.39 is 11.6 Å². The van der Waals surface area contributed by atoms with Crippen molar-refractivity contribution in [2.45, 2.75) is 66.4 Å². The number of phenols is 1. The third-order valence-electron chi connectivity index (χ3n) is 4.91. The molecule has 0 fully saturated rings. The molecular formula is C23H30O4. The first-order chi connectivity index (χ1) is 12.6. The molecule has 1 heterocycles. The van der Waals surface area contributed by atoms with Gasteiger partial charge in [-0.3, -0.25) is 0 Å². The van der Waals surface area contributed by atoms with Gasteiger partial charge in [-0.1, -0.05) is 29.4 Å². The first-order valence-electron chi connectivity index (χ1n) is 9.31. The number of aromatic carboxylic acids is 1. The summed E-state index contributed by atoms with van der Waals surface area (Å²) in [6.45, 7) is 11.9. The maximum atomic E-state index is 11.7. The first-order valence-corrected chi connectivity index (χ1v) is 9.31. The molecule has 1 aromatic rings. The van der Waals surface area contributed by atoms with Crippen LogP contribution in [0.2, 0.25) is 0 Å². The van der Waals surface area contributed by atoms with Gasteiger partial charge in [0.2, 0.25) is 0 Å². The van der Waals surface area contributed by atoms with Crippen molar-refractivity contribution in [2.75, 3.05) is 0 Å². The van der Waals surface area contributed by atoms with Crippen molar-refractivity contribution in [2.24, 2.45) is 0 Å². The van der Waals surface area contributed by atoms with Crippen LogP contribution in [0.15, 0.2) is 35.5 Å². The molecule has 0 spiro atoms. The first kappa shape index (κ1) is 20.8. The zero-order valence-electron chi connectivity index (χ0n) is 17.1. The molecule has 0 aliphatic carbocycles. The van der Waals surface area contributed by atoms with E-state index in [-0.39, 0.29) is 11.3 Å². The van der Waals surface area contributed by atoms with Gasteiger partial charge in [0.15, 0.2) is 0 Å². The lowest BCUT2D eigenvalue weighted by Crippen LogP contribution is -2.35. The summed E-state index contributed by atoms with van der Waals surface area (Å²) in [5, 5.41) is 20.2. The maximum absolute atomic E-state index is 11.7. The summed E-state index contributed by atoms with van der Waals surface area (Å²) in [5.74, 6) is -0.641. The van der Waals surface area contributed by atoms with Gasteiger partial charge in [0.05, 0.1) is 0 Å². The van der Waals surface area contributed by atoms with Gasteiger partial charge in [-0.25, -0.2) is 4.79 Å². The van der Waals surface area contributed by atoms with Gasteiger partial charge in [0, 0.05) is 11.1 Å². The van der Waals surface area contributed by atoms with Crippen LogP contribution in [0.25, 0.3) is 0 Å². The van der Waals surface area contributed by atoms with Crippen LogP contribution in [0.3, 0.4) is 0 Å². The number of rotatable bonds is 5. The number of aromatic hydroxyl groups is 1. The van der Waals surface area contributed by atoms with E-state index in [1.165, 1.54) is 5.57 Å². The molecule has 2 N–H and O–H groups in total. The molecule has 146 valence electrons. The second-order valence-corrected chi connectivity index (χ2v) is 7.94. The van der Waals surface area contributed by atoms with Crippen LogP contribution < -0.4 is 4.74 Å². The topological polar surface area (TPSA) is 66.8 Å². The SMILES string of the molecule is CC(C)=C/C=C/C1(C)CCc2c(O)c(C(=O)O)c(C)c(CC=C(C)C)c2O1. The summed E-state index contributed by atoms with van der Waals surface area (Å²) >= 11 is 0. The van der Waals surface area contributed by atoms with Crippen molar-refractivity contribution in [3.63, 3.8) is 0 Å². The summed E-state index contributed by atoms with van der Waals surface area (Å²) in [6, 6.07) is 0. The number of allylic oxidation sites excluding steroid dienone is 5. The van der Waals surface area contributed by atoms with Gasteiger partial charge in [0.25, 0.3) is 0 Å². The van der Waals surface area contributed by atoms with E-state index in [0.29, 0.717) is 36.1 Å². The number of carboxylic acid groups (broad SMARTS) is 1. The molecule has 1 aliphatic rings. The summed E-state index contributed by atoms with van der Waals surface area (Å²) in [4.78, 5) is 11.7. The molecule has 1 atom stereocenters. The second kappa shape index (κ2) is 8.03. The van der Waals surface area contributed by atoms with Crippen LogP contribution in [-0.2, 0) is 12.8 Å². The molecule has 0 amide bonds. The van der Waals surface area contributed by atoms with Crippen molar-refractivity contribution < 1.29 is 19.7 Å². The van der Waals surface area contributed by atoms with Crippen LogP contribution in [0.5, 0.6) is 11.5 Å². The third-order valence-corrected chi connectivity index (χ3v) is 4.91. The van der Waals surface area contributed by atoms with Crippen molar-refractivity contribution in [1.82, 2.24) is 0 Å². The van der Waals surface area contributed by atoms with Gasteiger partial charge >= 0.3 is 5.97 Å². The number of carboxylic acids is 1. The van der Waals surface area contributed by atoms with E-state index in [1.54, 1.807) is 6.92 Å². The van der Waals surface area contributed by atoms with Crippen LogP contribution in [-0.4, -0.2) is 21.8 Å². The highest BCUT2D eigenvalue weighted by atomic mass is 16.5. The molecule has 0 radical (unpaired) electrons. The smallest absolute Gasteiger partial charge is 0.339 e. The largest absolute Gasteiger partial charge is 0.507 e. The Labute approximate surface area is 161 Å². The van der Waals surface area contributed by atoms with Crippen molar-refractivity contribution in [3.05, 3.63) is 57.7 Å².